The van der Waals surface area contributed by atoms with E-state index < -0.39 is 0 Å². The number of aliphatic imine (C=N–C) groups is 1. The van der Waals surface area contributed by atoms with Crippen molar-refractivity contribution in [2.45, 2.75) is 51.2 Å². The summed E-state index contributed by atoms with van der Waals surface area (Å²) >= 11 is 0. The molecular formula is C24H41IN4O3. The van der Waals surface area contributed by atoms with Crippen molar-refractivity contribution in [3.05, 3.63) is 29.8 Å². The van der Waals surface area contributed by atoms with Crippen LogP contribution in [0.3, 0.4) is 0 Å². The number of ether oxygens (including phenoxy) is 3. The number of benzene rings is 1. The molecule has 1 aromatic carbocycles. The minimum absolute atomic E-state index is 0. The van der Waals surface area contributed by atoms with Crippen LogP contribution in [0.5, 0.6) is 5.75 Å². The Balaban J connectivity index is 0.00000363. The Morgan fingerprint density at radius 3 is 2.66 bits per heavy atom. The average molecular weight is 561 g/mol. The van der Waals surface area contributed by atoms with Crippen LogP contribution < -0.4 is 15.4 Å². The molecule has 2 fully saturated rings. The SMILES string of the molecule is CN=C(NCCCOC1CCCCC1)NCc1ccccc1OCCN1CCOCC1.I. The topological polar surface area (TPSA) is 67.4 Å². The molecule has 7 nitrogen and oxygen atoms in total. The van der Waals surface area contributed by atoms with E-state index in [9.17, 15) is 0 Å². The molecule has 182 valence electrons. The van der Waals surface area contributed by atoms with Gasteiger partial charge in [-0.25, -0.2) is 0 Å². The summed E-state index contributed by atoms with van der Waals surface area (Å²) in [6.45, 7) is 7.56. The van der Waals surface area contributed by atoms with E-state index in [0.717, 1.165) is 69.7 Å². The highest BCUT2D eigenvalue weighted by Gasteiger charge is 2.13. The van der Waals surface area contributed by atoms with E-state index in [1.807, 2.05) is 18.2 Å². The van der Waals surface area contributed by atoms with Gasteiger partial charge in [-0.3, -0.25) is 9.89 Å². The quantitative estimate of drug-likeness (QED) is 0.187. The summed E-state index contributed by atoms with van der Waals surface area (Å²) in [6, 6.07) is 8.20. The number of para-hydroxylation sites is 1. The molecule has 1 aliphatic heterocycles. The van der Waals surface area contributed by atoms with Gasteiger partial charge in [0.05, 0.1) is 19.3 Å². The van der Waals surface area contributed by atoms with Gasteiger partial charge in [-0.15, -0.1) is 24.0 Å². The molecule has 0 bridgehead atoms. The maximum Gasteiger partial charge on any atom is 0.191 e. The Labute approximate surface area is 210 Å². The standard InChI is InChI=1S/C24H40N4O3.HI/c1-25-24(26-12-7-16-30-22-9-3-2-4-10-22)27-20-21-8-5-6-11-23(21)31-19-15-28-13-17-29-18-14-28;/h5-6,8,11,22H,2-4,7,9-10,12-20H2,1H3,(H2,25,26,27);1H. The summed E-state index contributed by atoms with van der Waals surface area (Å²) < 4.78 is 17.5. The first-order chi connectivity index (χ1) is 15.3. The predicted octanol–water partition coefficient (Wildman–Crippen LogP) is 3.42. The first-order valence-electron chi connectivity index (χ1n) is 11.9. The summed E-state index contributed by atoms with van der Waals surface area (Å²) in [5, 5.41) is 6.78. The summed E-state index contributed by atoms with van der Waals surface area (Å²) in [7, 11) is 1.80. The smallest absolute Gasteiger partial charge is 0.191 e. The Kier molecular flexibility index (Phi) is 14.0. The Hall–Kier alpha value is -1.10. The summed E-state index contributed by atoms with van der Waals surface area (Å²) in [5.41, 5.74) is 1.13. The van der Waals surface area contributed by atoms with Gasteiger partial charge in [-0.2, -0.15) is 0 Å². The number of nitrogens with one attached hydrogen (secondary N) is 2. The lowest BCUT2D eigenvalue weighted by molar-refractivity contribution is 0.0277. The van der Waals surface area contributed by atoms with E-state index in [0.29, 0.717) is 19.3 Å². The van der Waals surface area contributed by atoms with Gasteiger partial charge in [-0.05, 0) is 25.3 Å². The number of guanidine groups is 1. The van der Waals surface area contributed by atoms with Crippen LogP contribution in [0.2, 0.25) is 0 Å². The van der Waals surface area contributed by atoms with Crippen LogP contribution in [0, 0.1) is 0 Å². The monoisotopic (exact) mass is 560 g/mol. The average Bonchev–Trinajstić information content (AvgIpc) is 2.83. The number of morpholine rings is 1. The Bertz CT molecular complexity index is 650. The molecule has 1 saturated heterocycles. The van der Waals surface area contributed by atoms with Gasteiger partial charge in [0.1, 0.15) is 12.4 Å². The fourth-order valence-corrected chi connectivity index (χ4v) is 4.06. The van der Waals surface area contributed by atoms with Crippen LogP contribution in [0.25, 0.3) is 0 Å². The van der Waals surface area contributed by atoms with Crippen molar-refractivity contribution in [2.75, 3.05) is 59.7 Å². The highest BCUT2D eigenvalue weighted by atomic mass is 127. The highest BCUT2D eigenvalue weighted by molar-refractivity contribution is 14.0. The van der Waals surface area contributed by atoms with E-state index >= 15 is 0 Å². The van der Waals surface area contributed by atoms with Gasteiger partial charge in [-0.1, -0.05) is 37.5 Å². The lowest BCUT2D eigenvalue weighted by Gasteiger charge is -2.26. The zero-order chi connectivity index (χ0) is 21.6. The fraction of sp³-hybridized carbons (Fsp3) is 0.708. The van der Waals surface area contributed by atoms with Gasteiger partial charge in [0, 0.05) is 51.9 Å². The zero-order valence-corrected chi connectivity index (χ0v) is 21.9. The predicted molar refractivity (Wildman–Crippen MR) is 140 cm³/mol. The number of hydrogen-bond donors (Lipinski definition) is 2. The maximum atomic E-state index is 6.08. The van der Waals surface area contributed by atoms with Crippen LogP contribution >= 0.6 is 24.0 Å². The minimum atomic E-state index is 0. The van der Waals surface area contributed by atoms with Gasteiger partial charge >= 0.3 is 0 Å². The van der Waals surface area contributed by atoms with Gasteiger partial charge in [0.25, 0.3) is 0 Å². The first kappa shape index (κ1) is 27.1. The van der Waals surface area contributed by atoms with Crippen LogP contribution in [-0.2, 0) is 16.0 Å². The minimum Gasteiger partial charge on any atom is -0.492 e. The van der Waals surface area contributed by atoms with E-state index in [4.69, 9.17) is 14.2 Å². The third-order valence-electron chi connectivity index (χ3n) is 5.93. The lowest BCUT2D eigenvalue weighted by Crippen LogP contribution is -2.39. The molecule has 0 aromatic heterocycles. The van der Waals surface area contributed by atoms with Crippen LogP contribution in [0.4, 0.5) is 0 Å². The lowest BCUT2D eigenvalue weighted by atomic mass is 9.98. The second-order valence-electron chi connectivity index (χ2n) is 8.25. The Morgan fingerprint density at radius 2 is 1.88 bits per heavy atom. The van der Waals surface area contributed by atoms with Crippen molar-refractivity contribution in [2.24, 2.45) is 4.99 Å². The number of rotatable bonds is 11. The fourth-order valence-electron chi connectivity index (χ4n) is 4.06. The molecule has 3 rings (SSSR count). The molecule has 2 aliphatic rings. The molecule has 1 aromatic rings. The molecule has 0 atom stereocenters. The van der Waals surface area contributed by atoms with Crippen molar-refractivity contribution in [1.29, 1.82) is 0 Å². The highest BCUT2D eigenvalue weighted by Crippen LogP contribution is 2.20. The van der Waals surface area contributed by atoms with Gasteiger partial charge < -0.3 is 24.8 Å². The molecular weight excluding hydrogens is 519 g/mol. The maximum absolute atomic E-state index is 6.08. The number of nitrogens with zero attached hydrogens (tertiary/aromatic N) is 2. The molecule has 2 N–H and O–H groups in total. The second-order valence-corrected chi connectivity index (χ2v) is 8.25. The van der Waals surface area contributed by atoms with Crippen LogP contribution in [0.15, 0.2) is 29.3 Å². The summed E-state index contributed by atoms with van der Waals surface area (Å²) in [6.07, 6.45) is 7.92. The largest absolute Gasteiger partial charge is 0.492 e. The first-order valence-corrected chi connectivity index (χ1v) is 11.9. The third kappa shape index (κ3) is 10.2. The van der Waals surface area contributed by atoms with Gasteiger partial charge in [0.15, 0.2) is 5.96 Å². The molecule has 0 spiro atoms. The van der Waals surface area contributed by atoms with Crippen molar-refractivity contribution in [3.8, 4) is 5.75 Å². The van der Waals surface area contributed by atoms with E-state index in [1.54, 1.807) is 7.05 Å². The van der Waals surface area contributed by atoms with E-state index in [1.165, 1.54) is 32.1 Å². The van der Waals surface area contributed by atoms with E-state index in [2.05, 4.69) is 26.6 Å². The summed E-state index contributed by atoms with van der Waals surface area (Å²) in [5.74, 6) is 1.74. The molecule has 0 amide bonds. The van der Waals surface area contributed by atoms with Crippen LogP contribution in [0.1, 0.15) is 44.1 Å². The van der Waals surface area contributed by atoms with Crippen LogP contribution in [-0.4, -0.2) is 76.6 Å². The summed E-state index contributed by atoms with van der Waals surface area (Å²) in [4.78, 5) is 6.72. The van der Waals surface area contributed by atoms with Crippen molar-refractivity contribution >= 4 is 29.9 Å². The normalized spacial score (nSPS) is 18.1. The second kappa shape index (κ2) is 16.5. The molecule has 0 radical (unpaired) electrons. The molecule has 8 heteroatoms. The van der Waals surface area contributed by atoms with Crippen molar-refractivity contribution in [3.63, 3.8) is 0 Å². The molecule has 32 heavy (non-hydrogen) atoms. The molecule has 1 saturated carbocycles. The number of hydrogen-bond acceptors (Lipinski definition) is 5. The molecule has 1 heterocycles. The zero-order valence-electron chi connectivity index (χ0n) is 19.5. The molecule has 0 unspecified atom stereocenters. The van der Waals surface area contributed by atoms with E-state index in [-0.39, 0.29) is 24.0 Å². The van der Waals surface area contributed by atoms with Crippen molar-refractivity contribution in [1.82, 2.24) is 15.5 Å². The molecule has 1 aliphatic carbocycles. The third-order valence-corrected chi connectivity index (χ3v) is 5.93. The van der Waals surface area contributed by atoms with Crippen molar-refractivity contribution < 1.29 is 14.2 Å². The Morgan fingerprint density at radius 1 is 1.09 bits per heavy atom. The number of halogens is 1. The van der Waals surface area contributed by atoms with Gasteiger partial charge in [0.2, 0.25) is 0 Å².